The fourth-order valence-corrected chi connectivity index (χ4v) is 1.95. The van der Waals surface area contributed by atoms with Gasteiger partial charge in [0, 0.05) is 18.3 Å². The summed E-state index contributed by atoms with van der Waals surface area (Å²) in [7, 11) is 0. The fourth-order valence-electron chi connectivity index (χ4n) is 1.95. The maximum absolute atomic E-state index is 5.88. The molecule has 2 aromatic rings. The zero-order chi connectivity index (χ0) is 13.8. The Morgan fingerprint density at radius 2 is 2.05 bits per heavy atom. The van der Waals surface area contributed by atoms with E-state index in [0.717, 1.165) is 16.9 Å². The van der Waals surface area contributed by atoms with Gasteiger partial charge in [-0.15, -0.1) is 0 Å². The molecule has 1 heterocycles. The Hall–Kier alpha value is -1.87. The van der Waals surface area contributed by atoms with E-state index in [2.05, 4.69) is 31.0 Å². The molecule has 100 valence electrons. The summed E-state index contributed by atoms with van der Waals surface area (Å²) in [6.45, 7) is 6.77. The van der Waals surface area contributed by atoms with Crippen LogP contribution >= 0.6 is 0 Å². The van der Waals surface area contributed by atoms with Crippen molar-refractivity contribution in [1.82, 2.24) is 4.98 Å². The largest absolute Gasteiger partial charge is 0.439 e. The van der Waals surface area contributed by atoms with Gasteiger partial charge in [-0.1, -0.05) is 26.0 Å². The molecule has 2 rings (SSSR count). The molecule has 0 bridgehead atoms. The summed E-state index contributed by atoms with van der Waals surface area (Å²) in [6, 6.07) is 10.0. The molecule has 2 N–H and O–H groups in total. The molecular weight excluding hydrogens is 236 g/mol. The summed E-state index contributed by atoms with van der Waals surface area (Å²) in [4.78, 5) is 4.28. The molecule has 19 heavy (non-hydrogen) atoms. The van der Waals surface area contributed by atoms with Crippen molar-refractivity contribution >= 4 is 0 Å². The van der Waals surface area contributed by atoms with Crippen molar-refractivity contribution in [3.05, 3.63) is 53.2 Å². The number of nitrogens with two attached hydrogens (primary N) is 1. The van der Waals surface area contributed by atoms with E-state index in [-0.39, 0.29) is 0 Å². The van der Waals surface area contributed by atoms with Crippen LogP contribution in [-0.2, 0) is 6.54 Å². The topological polar surface area (TPSA) is 48.1 Å². The lowest BCUT2D eigenvalue weighted by Crippen LogP contribution is -2.03. The van der Waals surface area contributed by atoms with Gasteiger partial charge in [-0.25, -0.2) is 4.98 Å². The Morgan fingerprint density at radius 1 is 1.26 bits per heavy atom. The molecule has 0 radical (unpaired) electrons. The Bertz CT molecular complexity index is 564. The van der Waals surface area contributed by atoms with E-state index in [1.165, 1.54) is 5.56 Å². The summed E-state index contributed by atoms with van der Waals surface area (Å²) >= 11 is 0. The van der Waals surface area contributed by atoms with E-state index in [9.17, 15) is 0 Å². The maximum atomic E-state index is 5.88. The first-order valence-corrected chi connectivity index (χ1v) is 6.54. The van der Waals surface area contributed by atoms with Gasteiger partial charge in [-0.2, -0.15) is 0 Å². The minimum Gasteiger partial charge on any atom is -0.439 e. The lowest BCUT2D eigenvalue weighted by molar-refractivity contribution is 0.454. The van der Waals surface area contributed by atoms with Crippen molar-refractivity contribution in [1.29, 1.82) is 0 Å². The molecule has 0 spiro atoms. The van der Waals surface area contributed by atoms with Gasteiger partial charge in [-0.3, -0.25) is 0 Å². The number of pyridine rings is 1. The maximum Gasteiger partial charge on any atom is 0.223 e. The number of ether oxygens (including phenoxy) is 1. The molecule has 0 fully saturated rings. The van der Waals surface area contributed by atoms with Gasteiger partial charge in [0.2, 0.25) is 5.88 Å². The van der Waals surface area contributed by atoms with Crippen LogP contribution in [0.15, 0.2) is 36.5 Å². The van der Waals surface area contributed by atoms with Gasteiger partial charge in [0.15, 0.2) is 0 Å². The molecule has 0 aliphatic heterocycles. The van der Waals surface area contributed by atoms with Crippen molar-refractivity contribution in [3.8, 4) is 11.6 Å². The van der Waals surface area contributed by atoms with Crippen LogP contribution in [0.5, 0.6) is 11.6 Å². The second-order valence-corrected chi connectivity index (χ2v) is 4.94. The van der Waals surface area contributed by atoms with Crippen LogP contribution in [0.1, 0.15) is 36.5 Å². The van der Waals surface area contributed by atoms with Crippen molar-refractivity contribution in [2.75, 3.05) is 0 Å². The summed E-state index contributed by atoms with van der Waals surface area (Å²) in [5.41, 5.74) is 9.07. The Morgan fingerprint density at radius 3 is 2.74 bits per heavy atom. The van der Waals surface area contributed by atoms with Crippen LogP contribution in [0.25, 0.3) is 0 Å². The third-order valence-corrected chi connectivity index (χ3v) is 3.19. The van der Waals surface area contributed by atoms with Gasteiger partial charge < -0.3 is 10.5 Å². The zero-order valence-electron chi connectivity index (χ0n) is 11.7. The highest BCUT2D eigenvalue weighted by molar-refractivity contribution is 5.38. The monoisotopic (exact) mass is 256 g/mol. The van der Waals surface area contributed by atoms with E-state index < -0.39 is 0 Å². The highest BCUT2D eigenvalue weighted by atomic mass is 16.5. The van der Waals surface area contributed by atoms with Gasteiger partial charge in [-0.05, 0) is 42.2 Å². The first-order valence-electron chi connectivity index (χ1n) is 6.54. The van der Waals surface area contributed by atoms with Crippen LogP contribution < -0.4 is 10.5 Å². The third kappa shape index (κ3) is 3.12. The van der Waals surface area contributed by atoms with Crippen LogP contribution in [0, 0.1) is 6.92 Å². The van der Waals surface area contributed by atoms with Crippen molar-refractivity contribution < 1.29 is 4.74 Å². The number of rotatable bonds is 4. The first kappa shape index (κ1) is 13.6. The predicted molar refractivity (Wildman–Crippen MR) is 77.5 cm³/mol. The average molecular weight is 256 g/mol. The van der Waals surface area contributed by atoms with Crippen LogP contribution in [0.3, 0.4) is 0 Å². The molecule has 3 heteroatoms. The minimum absolute atomic E-state index is 0.429. The second kappa shape index (κ2) is 5.85. The summed E-state index contributed by atoms with van der Waals surface area (Å²) in [6.07, 6.45) is 1.75. The molecule has 0 amide bonds. The average Bonchev–Trinajstić information content (AvgIpc) is 2.39. The molecule has 1 aromatic heterocycles. The quantitative estimate of drug-likeness (QED) is 0.906. The fraction of sp³-hybridized carbons (Fsp3) is 0.312. The number of hydrogen-bond donors (Lipinski definition) is 1. The standard InChI is InChI=1S/C16H20N2O/c1-11(2)13-5-4-6-14(9-13)19-16-15(10-17)12(3)7-8-18-16/h4-9,11H,10,17H2,1-3H3. The number of benzene rings is 1. The zero-order valence-corrected chi connectivity index (χ0v) is 11.7. The molecule has 0 aliphatic rings. The Balaban J connectivity index is 2.31. The van der Waals surface area contributed by atoms with Gasteiger partial charge >= 0.3 is 0 Å². The normalized spacial score (nSPS) is 10.8. The van der Waals surface area contributed by atoms with Gasteiger partial charge in [0.05, 0.1) is 0 Å². The number of aryl methyl sites for hydroxylation is 1. The van der Waals surface area contributed by atoms with E-state index in [1.807, 2.05) is 25.1 Å². The van der Waals surface area contributed by atoms with E-state index >= 15 is 0 Å². The summed E-state index contributed by atoms with van der Waals surface area (Å²) in [5, 5.41) is 0. The van der Waals surface area contributed by atoms with Crippen LogP contribution in [-0.4, -0.2) is 4.98 Å². The number of hydrogen-bond acceptors (Lipinski definition) is 3. The molecule has 0 unspecified atom stereocenters. The van der Waals surface area contributed by atoms with Crippen molar-refractivity contribution in [2.45, 2.75) is 33.2 Å². The Labute approximate surface area is 114 Å². The molecule has 0 saturated heterocycles. The SMILES string of the molecule is Cc1ccnc(Oc2cccc(C(C)C)c2)c1CN. The highest BCUT2D eigenvalue weighted by Gasteiger charge is 2.08. The lowest BCUT2D eigenvalue weighted by Gasteiger charge is -2.12. The second-order valence-electron chi connectivity index (χ2n) is 4.94. The predicted octanol–water partition coefficient (Wildman–Crippen LogP) is 3.76. The van der Waals surface area contributed by atoms with Gasteiger partial charge in [0.25, 0.3) is 0 Å². The molecule has 0 saturated carbocycles. The summed E-state index contributed by atoms with van der Waals surface area (Å²) in [5.74, 6) is 1.88. The minimum atomic E-state index is 0.429. The smallest absolute Gasteiger partial charge is 0.223 e. The summed E-state index contributed by atoms with van der Waals surface area (Å²) < 4.78 is 5.88. The van der Waals surface area contributed by atoms with Gasteiger partial charge in [0.1, 0.15) is 5.75 Å². The molecule has 0 atom stereocenters. The number of nitrogens with zero attached hydrogens (tertiary/aromatic N) is 1. The Kier molecular flexibility index (Phi) is 4.17. The molecule has 0 aliphatic carbocycles. The molecule has 3 nitrogen and oxygen atoms in total. The third-order valence-electron chi connectivity index (χ3n) is 3.19. The van der Waals surface area contributed by atoms with Crippen molar-refractivity contribution in [2.24, 2.45) is 5.73 Å². The molecule has 1 aromatic carbocycles. The highest BCUT2D eigenvalue weighted by Crippen LogP contribution is 2.27. The first-order chi connectivity index (χ1) is 9.11. The van der Waals surface area contributed by atoms with Crippen molar-refractivity contribution in [3.63, 3.8) is 0 Å². The van der Waals surface area contributed by atoms with Crippen LogP contribution in [0.4, 0.5) is 0 Å². The molecular formula is C16H20N2O. The van der Waals surface area contributed by atoms with E-state index in [1.54, 1.807) is 6.20 Å². The lowest BCUT2D eigenvalue weighted by atomic mass is 10.0. The number of aromatic nitrogens is 1. The van der Waals surface area contributed by atoms with E-state index in [0.29, 0.717) is 18.3 Å². The van der Waals surface area contributed by atoms with E-state index in [4.69, 9.17) is 10.5 Å². The van der Waals surface area contributed by atoms with Crippen LogP contribution in [0.2, 0.25) is 0 Å².